The average molecular weight is 428 g/mol. The standard InChI is InChI=1S/C25H33NO5/c1-16(27)28-15-17-4-6-22(7-5-17)26-23-3-2-8-24(14-23)29-25(31-30-24)20-10-18-9-19(12-20)13-21(25)11-18/h4-7,18-21,23,26H,2-3,8-15H2,1H3. The van der Waals surface area contributed by atoms with E-state index in [0.29, 0.717) is 18.4 Å². The van der Waals surface area contributed by atoms with Crippen molar-refractivity contribution in [2.45, 2.75) is 88.9 Å². The third kappa shape index (κ3) is 3.57. The van der Waals surface area contributed by atoms with Gasteiger partial charge in [-0.1, -0.05) is 12.1 Å². The fourth-order valence-electron chi connectivity index (χ4n) is 7.22. The molecule has 168 valence electrons. The molecule has 4 bridgehead atoms. The first kappa shape index (κ1) is 20.0. The zero-order chi connectivity index (χ0) is 21.1. The summed E-state index contributed by atoms with van der Waals surface area (Å²) in [7, 11) is 0. The molecule has 7 rings (SSSR count). The first-order valence-electron chi connectivity index (χ1n) is 12.1. The molecule has 6 heteroatoms. The van der Waals surface area contributed by atoms with Gasteiger partial charge in [0.25, 0.3) is 0 Å². The lowest BCUT2D eigenvalue weighted by atomic mass is 9.53. The number of nitrogens with one attached hydrogen (secondary N) is 1. The number of anilines is 1. The Morgan fingerprint density at radius 3 is 2.45 bits per heavy atom. The Bertz CT molecular complexity index is 811. The van der Waals surface area contributed by atoms with E-state index in [1.807, 2.05) is 24.3 Å². The van der Waals surface area contributed by atoms with Crippen LogP contribution in [0.5, 0.6) is 0 Å². The second kappa shape index (κ2) is 7.46. The third-order valence-corrected chi connectivity index (χ3v) is 8.38. The van der Waals surface area contributed by atoms with Crippen LogP contribution < -0.4 is 5.32 Å². The van der Waals surface area contributed by atoms with Crippen LogP contribution in [-0.2, 0) is 30.7 Å². The van der Waals surface area contributed by atoms with Crippen LogP contribution in [0, 0.1) is 23.7 Å². The Morgan fingerprint density at radius 1 is 1.06 bits per heavy atom. The molecule has 0 aromatic heterocycles. The number of esters is 1. The number of rotatable bonds is 4. The Hall–Kier alpha value is -1.63. The Kier molecular flexibility index (Phi) is 4.82. The van der Waals surface area contributed by atoms with Crippen molar-refractivity contribution in [3.63, 3.8) is 0 Å². The van der Waals surface area contributed by atoms with E-state index in [9.17, 15) is 4.79 Å². The van der Waals surface area contributed by atoms with Crippen molar-refractivity contribution in [1.82, 2.24) is 0 Å². The smallest absolute Gasteiger partial charge is 0.302 e. The molecule has 2 unspecified atom stereocenters. The van der Waals surface area contributed by atoms with Gasteiger partial charge in [0.05, 0.1) is 0 Å². The van der Waals surface area contributed by atoms with E-state index in [-0.39, 0.29) is 12.0 Å². The molecular weight excluding hydrogens is 394 g/mol. The largest absolute Gasteiger partial charge is 0.461 e. The number of carbonyl (C=O) groups is 1. The number of hydrogen-bond donors (Lipinski definition) is 1. The minimum absolute atomic E-state index is 0.259. The molecule has 1 heterocycles. The maximum atomic E-state index is 11.0. The summed E-state index contributed by atoms with van der Waals surface area (Å²) in [6.07, 6.45) is 10.2. The molecule has 1 aliphatic heterocycles. The van der Waals surface area contributed by atoms with Crippen LogP contribution in [0.2, 0.25) is 0 Å². The first-order valence-corrected chi connectivity index (χ1v) is 12.1. The monoisotopic (exact) mass is 427 g/mol. The molecule has 5 saturated carbocycles. The first-order chi connectivity index (χ1) is 15.0. The SMILES string of the molecule is CC(=O)OCc1ccc(NC2CCCC3(C2)OOC2(O3)C3CC4CC(C3)CC2C4)cc1. The average Bonchev–Trinajstić information content (AvgIpc) is 3.10. The maximum absolute atomic E-state index is 11.0. The number of ether oxygens (including phenoxy) is 2. The summed E-state index contributed by atoms with van der Waals surface area (Å²) in [5, 5.41) is 3.66. The molecule has 2 spiro atoms. The quantitative estimate of drug-likeness (QED) is 0.543. The molecule has 6 nitrogen and oxygen atoms in total. The molecule has 1 aromatic carbocycles. The van der Waals surface area contributed by atoms with E-state index < -0.39 is 11.6 Å². The van der Waals surface area contributed by atoms with Crippen LogP contribution in [0.3, 0.4) is 0 Å². The van der Waals surface area contributed by atoms with Gasteiger partial charge in [0.15, 0.2) is 0 Å². The van der Waals surface area contributed by atoms with Crippen LogP contribution in [0.25, 0.3) is 0 Å². The van der Waals surface area contributed by atoms with E-state index in [1.54, 1.807) is 0 Å². The molecule has 6 fully saturated rings. The van der Waals surface area contributed by atoms with E-state index in [1.165, 1.54) is 39.0 Å². The normalized spacial score (nSPS) is 42.9. The van der Waals surface area contributed by atoms with Gasteiger partial charge < -0.3 is 14.8 Å². The van der Waals surface area contributed by atoms with Crippen LogP contribution in [-0.4, -0.2) is 23.6 Å². The Morgan fingerprint density at radius 2 is 1.77 bits per heavy atom. The topological polar surface area (TPSA) is 66.0 Å². The van der Waals surface area contributed by atoms with Crippen molar-refractivity contribution in [2.75, 3.05) is 5.32 Å². The molecule has 5 aliphatic carbocycles. The molecule has 1 aromatic rings. The minimum atomic E-state index is -0.611. The second-order valence-corrected chi connectivity index (χ2v) is 10.6. The molecule has 6 aliphatic rings. The highest BCUT2D eigenvalue weighted by atomic mass is 17.3. The van der Waals surface area contributed by atoms with Crippen molar-refractivity contribution < 1.29 is 24.0 Å². The summed E-state index contributed by atoms with van der Waals surface area (Å²) in [5.74, 6) is 1.39. The zero-order valence-electron chi connectivity index (χ0n) is 18.3. The molecule has 0 amide bonds. The highest BCUT2D eigenvalue weighted by molar-refractivity contribution is 5.65. The second-order valence-electron chi connectivity index (χ2n) is 10.6. The molecule has 2 atom stereocenters. The van der Waals surface area contributed by atoms with Crippen LogP contribution in [0.1, 0.15) is 70.3 Å². The lowest BCUT2D eigenvalue weighted by Crippen LogP contribution is -2.59. The predicted molar refractivity (Wildman–Crippen MR) is 114 cm³/mol. The lowest BCUT2D eigenvalue weighted by molar-refractivity contribution is -0.390. The van der Waals surface area contributed by atoms with E-state index in [0.717, 1.165) is 48.8 Å². The fraction of sp³-hybridized carbons (Fsp3) is 0.720. The van der Waals surface area contributed by atoms with Crippen molar-refractivity contribution in [3.05, 3.63) is 29.8 Å². The van der Waals surface area contributed by atoms with Gasteiger partial charge in [0, 0.05) is 43.3 Å². The number of carbonyl (C=O) groups excluding carboxylic acids is 1. The van der Waals surface area contributed by atoms with Gasteiger partial charge in [-0.25, -0.2) is 0 Å². The molecule has 1 N–H and O–H groups in total. The minimum Gasteiger partial charge on any atom is -0.461 e. The lowest BCUT2D eigenvalue weighted by Gasteiger charge is -2.57. The van der Waals surface area contributed by atoms with Crippen LogP contribution in [0.4, 0.5) is 5.69 Å². The summed E-state index contributed by atoms with van der Waals surface area (Å²) < 4.78 is 11.9. The van der Waals surface area contributed by atoms with Crippen LogP contribution in [0.15, 0.2) is 24.3 Å². The zero-order valence-corrected chi connectivity index (χ0v) is 18.3. The predicted octanol–water partition coefficient (Wildman–Crippen LogP) is 4.93. The van der Waals surface area contributed by atoms with Gasteiger partial charge in [-0.2, -0.15) is 9.78 Å². The summed E-state index contributed by atoms with van der Waals surface area (Å²) in [6.45, 7) is 1.74. The fourth-order valence-corrected chi connectivity index (χ4v) is 7.22. The van der Waals surface area contributed by atoms with Gasteiger partial charge in [0.1, 0.15) is 6.61 Å². The summed E-state index contributed by atoms with van der Waals surface area (Å²) in [4.78, 5) is 23.3. The van der Waals surface area contributed by atoms with Crippen LogP contribution >= 0.6 is 0 Å². The van der Waals surface area contributed by atoms with Gasteiger partial charge >= 0.3 is 5.97 Å². The summed E-state index contributed by atoms with van der Waals surface area (Å²) in [6, 6.07) is 8.38. The van der Waals surface area contributed by atoms with Gasteiger partial charge in [-0.3, -0.25) is 4.79 Å². The number of benzene rings is 1. The highest BCUT2D eigenvalue weighted by Gasteiger charge is 2.67. The third-order valence-electron chi connectivity index (χ3n) is 8.38. The van der Waals surface area contributed by atoms with Crippen molar-refractivity contribution in [1.29, 1.82) is 0 Å². The highest BCUT2D eigenvalue weighted by Crippen LogP contribution is 2.63. The molecule has 1 saturated heterocycles. The van der Waals surface area contributed by atoms with Crippen molar-refractivity contribution in [2.24, 2.45) is 23.7 Å². The summed E-state index contributed by atoms with van der Waals surface area (Å²) >= 11 is 0. The van der Waals surface area contributed by atoms with E-state index >= 15 is 0 Å². The van der Waals surface area contributed by atoms with E-state index in [4.69, 9.17) is 19.2 Å². The maximum Gasteiger partial charge on any atom is 0.302 e. The molecule has 31 heavy (non-hydrogen) atoms. The number of hydrogen-bond acceptors (Lipinski definition) is 6. The van der Waals surface area contributed by atoms with Gasteiger partial charge in [0.2, 0.25) is 11.6 Å². The van der Waals surface area contributed by atoms with Gasteiger partial charge in [-0.05, 0) is 74.5 Å². The molecular formula is C25H33NO5. The summed E-state index contributed by atoms with van der Waals surface area (Å²) in [5.41, 5.74) is 2.05. The Balaban J connectivity index is 1.11. The van der Waals surface area contributed by atoms with Crippen molar-refractivity contribution >= 4 is 11.7 Å². The van der Waals surface area contributed by atoms with Crippen molar-refractivity contribution in [3.8, 4) is 0 Å². The van der Waals surface area contributed by atoms with E-state index in [2.05, 4.69) is 5.32 Å². The Labute approximate surface area is 183 Å². The molecule has 0 radical (unpaired) electrons. The van der Waals surface area contributed by atoms with Gasteiger partial charge in [-0.15, -0.1) is 0 Å².